The number of carbonyl (C=O) groups excluding carboxylic acids is 2. The second kappa shape index (κ2) is 8.90. The van der Waals surface area contributed by atoms with Gasteiger partial charge in [0.15, 0.2) is 11.5 Å². The molecule has 0 unspecified atom stereocenters. The van der Waals surface area contributed by atoms with Gasteiger partial charge in [-0.2, -0.15) is 8.78 Å². The first-order valence-electron chi connectivity index (χ1n) is 8.81. The van der Waals surface area contributed by atoms with Crippen LogP contribution in [0.25, 0.3) is 0 Å². The third-order valence-electron chi connectivity index (χ3n) is 4.27. The molecule has 0 bridgehead atoms. The van der Waals surface area contributed by atoms with Gasteiger partial charge in [-0.15, -0.1) is 0 Å². The van der Waals surface area contributed by atoms with Gasteiger partial charge in [0.05, 0.1) is 25.3 Å². The van der Waals surface area contributed by atoms with Crippen molar-refractivity contribution in [1.29, 1.82) is 0 Å². The largest absolute Gasteiger partial charge is 0.490 e. The normalized spacial score (nSPS) is 17.1. The second-order valence-electron chi connectivity index (χ2n) is 6.35. The summed E-state index contributed by atoms with van der Waals surface area (Å²) in [6.07, 6.45) is 0. The van der Waals surface area contributed by atoms with Gasteiger partial charge in [0.25, 0.3) is 0 Å². The van der Waals surface area contributed by atoms with Crippen LogP contribution in [0.5, 0.6) is 11.5 Å². The van der Waals surface area contributed by atoms with Crippen molar-refractivity contribution in [2.24, 2.45) is 0 Å². The minimum Gasteiger partial charge on any atom is -0.490 e. The molecule has 2 amide bonds. The molecule has 7 nitrogen and oxygen atoms in total. The van der Waals surface area contributed by atoms with Gasteiger partial charge in [0.2, 0.25) is 0 Å². The van der Waals surface area contributed by atoms with E-state index < -0.39 is 18.6 Å². The number of carbonyl (C=O) groups is 2. The molecule has 0 aliphatic carbocycles. The highest BCUT2D eigenvalue weighted by molar-refractivity contribution is 5.95. The lowest BCUT2D eigenvalue weighted by Crippen LogP contribution is -2.50. The van der Waals surface area contributed by atoms with Gasteiger partial charge >= 0.3 is 18.6 Å². The first-order chi connectivity index (χ1) is 13.2. The Morgan fingerprint density at radius 1 is 1.29 bits per heavy atom. The maximum Gasteiger partial charge on any atom is 0.387 e. The summed E-state index contributed by atoms with van der Waals surface area (Å²) in [7, 11) is 1.25. The zero-order valence-corrected chi connectivity index (χ0v) is 16.4. The molecule has 0 spiro atoms. The Kier molecular flexibility index (Phi) is 6.82. The highest BCUT2D eigenvalue weighted by atomic mass is 19.3. The smallest absolute Gasteiger partial charge is 0.387 e. The number of nitrogens with zero attached hydrogens (tertiary/aromatic N) is 1. The monoisotopic (exact) mass is 398 g/mol. The van der Waals surface area contributed by atoms with Crippen molar-refractivity contribution in [3.63, 3.8) is 0 Å². The molecule has 1 aliphatic heterocycles. The Morgan fingerprint density at radius 2 is 1.96 bits per heavy atom. The fraction of sp³-hybridized carbons (Fsp3) is 0.474. The molecule has 28 heavy (non-hydrogen) atoms. The van der Waals surface area contributed by atoms with Crippen molar-refractivity contribution in [3.8, 4) is 11.5 Å². The van der Waals surface area contributed by atoms with E-state index in [4.69, 9.17) is 9.47 Å². The number of benzene rings is 1. The summed E-state index contributed by atoms with van der Waals surface area (Å²) in [5.74, 6) is -0.645. The fourth-order valence-electron chi connectivity index (χ4n) is 3.17. The number of methoxy groups -OCH3 is 1. The number of rotatable bonds is 7. The molecule has 1 aliphatic rings. The number of hydrogen-bond donors (Lipinski definition) is 1. The minimum atomic E-state index is -3.01. The van der Waals surface area contributed by atoms with E-state index >= 15 is 0 Å². The number of esters is 1. The molecule has 154 valence electrons. The number of hydrogen-bond acceptors (Lipinski definition) is 5. The molecule has 1 atom stereocenters. The average Bonchev–Trinajstić information content (AvgIpc) is 2.61. The van der Waals surface area contributed by atoms with Crippen LogP contribution in [0.4, 0.5) is 13.6 Å². The Hall–Kier alpha value is -2.84. The quantitative estimate of drug-likeness (QED) is 0.710. The van der Waals surface area contributed by atoms with Gasteiger partial charge < -0.3 is 19.5 Å². The summed E-state index contributed by atoms with van der Waals surface area (Å²) in [5.41, 5.74) is 1.18. The number of allylic oxidation sites excluding steroid dienone is 1. The molecule has 1 N–H and O–H groups in total. The first-order valence-corrected chi connectivity index (χ1v) is 8.81. The van der Waals surface area contributed by atoms with Crippen LogP contribution in [0, 0.1) is 0 Å². The van der Waals surface area contributed by atoms with Crippen molar-refractivity contribution in [3.05, 3.63) is 35.0 Å². The summed E-state index contributed by atoms with van der Waals surface area (Å²) in [5, 5.41) is 2.77. The van der Waals surface area contributed by atoms with Crippen LogP contribution in [0.2, 0.25) is 0 Å². The number of amides is 2. The van der Waals surface area contributed by atoms with Gasteiger partial charge in [-0.05, 0) is 45.4 Å². The molecule has 0 saturated heterocycles. The van der Waals surface area contributed by atoms with Crippen LogP contribution in [-0.4, -0.2) is 43.3 Å². The maximum atomic E-state index is 12.6. The molecule has 1 aromatic carbocycles. The SMILES string of the molecule is CCOc1cc([C@H]2NC(=O)N(C(C)C)C(C)=C2C(=O)OC)ccc1OC(F)F. The van der Waals surface area contributed by atoms with Gasteiger partial charge in [0, 0.05) is 11.7 Å². The molecule has 2 rings (SSSR count). The van der Waals surface area contributed by atoms with E-state index in [1.54, 1.807) is 13.8 Å². The Labute approximate surface area is 162 Å². The van der Waals surface area contributed by atoms with Crippen molar-refractivity contribution in [1.82, 2.24) is 10.2 Å². The van der Waals surface area contributed by atoms with E-state index in [1.165, 1.54) is 30.2 Å². The Bertz CT molecular complexity index is 780. The molecule has 0 radical (unpaired) electrons. The predicted molar refractivity (Wildman–Crippen MR) is 97.2 cm³/mol. The summed E-state index contributed by atoms with van der Waals surface area (Å²) in [6, 6.07) is 2.89. The van der Waals surface area contributed by atoms with E-state index in [-0.39, 0.29) is 35.8 Å². The van der Waals surface area contributed by atoms with Gasteiger partial charge in [-0.3, -0.25) is 4.90 Å². The molecular formula is C19H24F2N2O5. The molecular weight excluding hydrogens is 374 g/mol. The molecule has 0 saturated carbocycles. The van der Waals surface area contributed by atoms with Crippen LogP contribution in [0.15, 0.2) is 29.5 Å². The zero-order chi connectivity index (χ0) is 21.0. The number of urea groups is 1. The Balaban J connectivity index is 2.56. The molecule has 1 aromatic rings. The van der Waals surface area contributed by atoms with E-state index in [9.17, 15) is 18.4 Å². The third kappa shape index (κ3) is 4.35. The lowest BCUT2D eigenvalue weighted by atomic mass is 9.94. The highest BCUT2D eigenvalue weighted by Gasteiger charge is 2.37. The predicted octanol–water partition coefficient (Wildman–Crippen LogP) is 3.61. The van der Waals surface area contributed by atoms with Crippen LogP contribution in [0.3, 0.4) is 0 Å². The van der Waals surface area contributed by atoms with Crippen molar-refractivity contribution >= 4 is 12.0 Å². The van der Waals surface area contributed by atoms with E-state index in [1.807, 2.05) is 13.8 Å². The number of nitrogens with one attached hydrogen (secondary N) is 1. The lowest BCUT2D eigenvalue weighted by Gasteiger charge is -2.37. The average molecular weight is 398 g/mol. The van der Waals surface area contributed by atoms with Crippen molar-refractivity contribution in [2.75, 3.05) is 13.7 Å². The third-order valence-corrected chi connectivity index (χ3v) is 4.27. The second-order valence-corrected chi connectivity index (χ2v) is 6.35. The zero-order valence-electron chi connectivity index (χ0n) is 16.4. The van der Waals surface area contributed by atoms with Crippen molar-refractivity contribution < 1.29 is 32.6 Å². The highest BCUT2D eigenvalue weighted by Crippen LogP contribution is 2.37. The lowest BCUT2D eigenvalue weighted by molar-refractivity contribution is -0.136. The van der Waals surface area contributed by atoms with E-state index in [0.717, 1.165) is 0 Å². The topological polar surface area (TPSA) is 77.1 Å². The molecule has 1 heterocycles. The number of halogens is 2. The van der Waals surface area contributed by atoms with Crippen molar-refractivity contribution in [2.45, 2.75) is 46.4 Å². The summed E-state index contributed by atoms with van der Waals surface area (Å²) in [4.78, 5) is 26.5. The first kappa shape index (κ1) is 21.5. The van der Waals surface area contributed by atoms with E-state index in [2.05, 4.69) is 10.1 Å². The van der Waals surface area contributed by atoms with Crippen LogP contribution in [0.1, 0.15) is 39.3 Å². The van der Waals surface area contributed by atoms with Gasteiger partial charge in [-0.25, -0.2) is 9.59 Å². The molecule has 0 aromatic heterocycles. The van der Waals surface area contributed by atoms with Crippen LogP contribution in [-0.2, 0) is 9.53 Å². The van der Waals surface area contributed by atoms with E-state index in [0.29, 0.717) is 11.3 Å². The van der Waals surface area contributed by atoms with Gasteiger partial charge in [0.1, 0.15) is 0 Å². The summed E-state index contributed by atoms with van der Waals surface area (Å²) in [6.45, 7) is 4.22. The maximum absolute atomic E-state index is 12.6. The standard InChI is InChI=1S/C19H24F2N2O5/c1-6-27-14-9-12(7-8-13(14)28-18(20)21)16-15(17(24)26-5)11(4)23(10(2)3)19(25)22-16/h7-10,16,18H,6H2,1-5H3,(H,22,25)/t16-/m1/s1. The van der Waals surface area contributed by atoms with Crippen LogP contribution < -0.4 is 14.8 Å². The number of ether oxygens (including phenoxy) is 3. The summed E-state index contributed by atoms with van der Waals surface area (Å²) < 4.78 is 40.0. The fourth-order valence-corrected chi connectivity index (χ4v) is 3.17. The van der Waals surface area contributed by atoms with Crippen LogP contribution >= 0.6 is 0 Å². The Morgan fingerprint density at radius 3 is 2.50 bits per heavy atom. The number of alkyl halides is 2. The minimum absolute atomic E-state index is 0.0858. The van der Waals surface area contributed by atoms with Gasteiger partial charge in [-0.1, -0.05) is 6.07 Å². The summed E-state index contributed by atoms with van der Waals surface area (Å²) >= 11 is 0. The molecule has 9 heteroatoms. The molecule has 0 fully saturated rings.